The highest BCUT2D eigenvalue weighted by Crippen LogP contribution is 2.14. The van der Waals surface area contributed by atoms with Gasteiger partial charge in [-0.25, -0.2) is 5.01 Å². The Bertz CT molecular complexity index is 607. The summed E-state index contributed by atoms with van der Waals surface area (Å²) in [4.78, 5) is 14.5. The van der Waals surface area contributed by atoms with Crippen LogP contribution in [0.4, 0.5) is 5.69 Å². The van der Waals surface area contributed by atoms with E-state index in [0.29, 0.717) is 13.0 Å². The van der Waals surface area contributed by atoms with Crippen LogP contribution in [0.5, 0.6) is 0 Å². The Morgan fingerprint density at radius 3 is 2.13 bits per heavy atom. The number of carbonyl (C=O) groups is 1. The van der Waals surface area contributed by atoms with Crippen molar-refractivity contribution >= 4 is 11.5 Å². The Kier molecular flexibility index (Phi) is 5.40. The Labute approximate surface area is 137 Å². The molecule has 0 spiro atoms. The third-order valence-electron chi connectivity index (χ3n) is 4.18. The van der Waals surface area contributed by atoms with Gasteiger partial charge in [0, 0.05) is 50.4 Å². The van der Waals surface area contributed by atoms with E-state index in [4.69, 9.17) is 0 Å². The van der Waals surface area contributed by atoms with Crippen molar-refractivity contribution < 1.29 is 4.79 Å². The van der Waals surface area contributed by atoms with Crippen molar-refractivity contribution in [2.75, 3.05) is 37.6 Å². The highest BCUT2D eigenvalue weighted by Gasteiger charge is 2.16. The number of carbonyl (C=O) groups excluding carboxylic acids is 1. The molecule has 1 fully saturated rings. The molecule has 1 aliphatic rings. The highest BCUT2D eigenvalue weighted by atomic mass is 16.1. The summed E-state index contributed by atoms with van der Waals surface area (Å²) in [6.07, 6.45) is 0.531. The molecular weight excluding hydrogens is 286 g/mol. The summed E-state index contributed by atoms with van der Waals surface area (Å²) in [5, 5.41) is 2.22. The number of hydrogen-bond donors (Lipinski definition) is 1. The number of rotatable bonds is 6. The summed E-state index contributed by atoms with van der Waals surface area (Å²) in [6.45, 7) is 4.63. The van der Waals surface area contributed by atoms with Crippen LogP contribution in [-0.2, 0) is 0 Å². The van der Waals surface area contributed by atoms with Gasteiger partial charge in [-0.05, 0) is 12.1 Å². The quantitative estimate of drug-likeness (QED) is 0.832. The average molecular weight is 309 g/mol. The third-order valence-corrected chi connectivity index (χ3v) is 4.18. The highest BCUT2D eigenvalue weighted by molar-refractivity contribution is 5.96. The van der Waals surface area contributed by atoms with E-state index in [0.717, 1.165) is 31.7 Å². The fraction of sp³-hybridized carbons (Fsp3) is 0.316. The number of anilines is 1. The first kappa shape index (κ1) is 15.7. The van der Waals surface area contributed by atoms with Crippen LogP contribution in [0.25, 0.3) is 0 Å². The summed E-state index contributed by atoms with van der Waals surface area (Å²) in [7, 11) is 0. The van der Waals surface area contributed by atoms with Crippen LogP contribution in [0.15, 0.2) is 60.7 Å². The van der Waals surface area contributed by atoms with Gasteiger partial charge in [0.25, 0.3) is 0 Å². The molecule has 1 N–H and O–H groups in total. The second kappa shape index (κ2) is 7.90. The Balaban J connectivity index is 1.39. The predicted octanol–water partition coefficient (Wildman–Crippen LogP) is 2.59. The molecule has 3 rings (SSSR count). The number of nitrogens with zero attached hydrogens (tertiary/aromatic N) is 2. The van der Waals surface area contributed by atoms with Crippen molar-refractivity contribution in [1.82, 2.24) is 10.4 Å². The first-order valence-corrected chi connectivity index (χ1v) is 8.19. The second-order valence-electron chi connectivity index (χ2n) is 5.76. The molecule has 1 saturated heterocycles. The van der Waals surface area contributed by atoms with E-state index in [1.54, 1.807) is 0 Å². The lowest BCUT2D eigenvalue weighted by Crippen LogP contribution is -2.52. The lowest BCUT2D eigenvalue weighted by Gasteiger charge is -2.36. The number of benzene rings is 2. The zero-order valence-electron chi connectivity index (χ0n) is 13.3. The molecule has 4 nitrogen and oxygen atoms in total. The number of piperazine rings is 1. The van der Waals surface area contributed by atoms with Gasteiger partial charge in [-0.1, -0.05) is 48.5 Å². The van der Waals surface area contributed by atoms with Gasteiger partial charge in [0.1, 0.15) is 0 Å². The topological polar surface area (TPSA) is 35.6 Å². The first-order chi connectivity index (χ1) is 11.3. The van der Waals surface area contributed by atoms with E-state index in [9.17, 15) is 4.79 Å². The largest absolute Gasteiger partial charge is 0.369 e. The molecule has 0 unspecified atom stereocenters. The van der Waals surface area contributed by atoms with Gasteiger partial charge in [0.15, 0.2) is 5.78 Å². The molecule has 2 aromatic carbocycles. The molecule has 1 heterocycles. The molecule has 0 amide bonds. The van der Waals surface area contributed by atoms with Gasteiger partial charge < -0.3 is 4.90 Å². The standard InChI is InChI=1S/C19H23N3O/c23-19(17-7-3-1-4-8-17)11-12-20-22-15-13-21(14-16-22)18-9-5-2-6-10-18/h1-10,20H,11-16H2. The predicted molar refractivity (Wildman–Crippen MR) is 93.6 cm³/mol. The average Bonchev–Trinajstić information content (AvgIpc) is 2.64. The summed E-state index contributed by atoms with van der Waals surface area (Å²) in [5.74, 6) is 0.195. The van der Waals surface area contributed by atoms with Gasteiger partial charge in [0.05, 0.1) is 0 Å². The molecule has 0 radical (unpaired) electrons. The number of hydrogen-bond acceptors (Lipinski definition) is 4. The Morgan fingerprint density at radius 2 is 1.48 bits per heavy atom. The van der Waals surface area contributed by atoms with Crippen LogP contribution in [0.2, 0.25) is 0 Å². The van der Waals surface area contributed by atoms with E-state index in [1.165, 1.54) is 5.69 Å². The number of nitrogens with one attached hydrogen (secondary N) is 1. The van der Waals surface area contributed by atoms with Crippen LogP contribution in [0.3, 0.4) is 0 Å². The van der Waals surface area contributed by atoms with E-state index >= 15 is 0 Å². The molecule has 0 aromatic heterocycles. The molecule has 1 aliphatic heterocycles. The molecule has 120 valence electrons. The van der Waals surface area contributed by atoms with Crippen molar-refractivity contribution in [3.05, 3.63) is 66.2 Å². The lowest BCUT2D eigenvalue weighted by molar-refractivity contribution is 0.0964. The van der Waals surface area contributed by atoms with E-state index in [-0.39, 0.29) is 5.78 Å². The van der Waals surface area contributed by atoms with Crippen molar-refractivity contribution in [2.45, 2.75) is 6.42 Å². The normalized spacial score (nSPS) is 15.6. The minimum atomic E-state index is 0.195. The van der Waals surface area contributed by atoms with Crippen LogP contribution in [0, 0.1) is 0 Å². The minimum absolute atomic E-state index is 0.195. The third kappa shape index (κ3) is 4.41. The molecule has 0 bridgehead atoms. The van der Waals surface area contributed by atoms with Gasteiger partial charge in [-0.3, -0.25) is 10.2 Å². The molecule has 0 aliphatic carbocycles. The monoisotopic (exact) mass is 309 g/mol. The number of para-hydroxylation sites is 1. The lowest BCUT2D eigenvalue weighted by atomic mass is 10.1. The Morgan fingerprint density at radius 1 is 0.870 bits per heavy atom. The summed E-state index contributed by atoms with van der Waals surface area (Å²) in [5.41, 5.74) is 5.46. The van der Waals surface area contributed by atoms with Crippen LogP contribution in [0.1, 0.15) is 16.8 Å². The van der Waals surface area contributed by atoms with E-state index < -0.39 is 0 Å². The summed E-state index contributed by atoms with van der Waals surface area (Å²) in [6, 6.07) is 20.0. The maximum atomic E-state index is 12.1. The zero-order valence-corrected chi connectivity index (χ0v) is 13.3. The zero-order chi connectivity index (χ0) is 15.9. The van der Waals surface area contributed by atoms with Crippen molar-refractivity contribution in [2.24, 2.45) is 0 Å². The van der Waals surface area contributed by atoms with E-state index in [2.05, 4.69) is 39.6 Å². The molecular formula is C19H23N3O. The SMILES string of the molecule is O=C(CCNN1CCN(c2ccccc2)CC1)c1ccccc1. The number of hydrazine groups is 1. The molecule has 0 saturated carbocycles. The van der Waals surface area contributed by atoms with Gasteiger partial charge in [-0.15, -0.1) is 0 Å². The fourth-order valence-corrected chi connectivity index (χ4v) is 2.86. The molecule has 0 atom stereocenters. The smallest absolute Gasteiger partial charge is 0.164 e. The minimum Gasteiger partial charge on any atom is -0.369 e. The van der Waals surface area contributed by atoms with E-state index in [1.807, 2.05) is 36.4 Å². The molecule has 4 heteroatoms. The number of Topliss-reactive ketones (excluding diaryl/α,β-unsaturated/α-hetero) is 1. The van der Waals surface area contributed by atoms with Gasteiger partial charge >= 0.3 is 0 Å². The Hall–Kier alpha value is -2.17. The summed E-state index contributed by atoms with van der Waals surface area (Å²) < 4.78 is 0. The van der Waals surface area contributed by atoms with Crippen LogP contribution < -0.4 is 10.3 Å². The van der Waals surface area contributed by atoms with Gasteiger partial charge in [0.2, 0.25) is 0 Å². The maximum absolute atomic E-state index is 12.1. The van der Waals surface area contributed by atoms with Crippen molar-refractivity contribution in [3.8, 4) is 0 Å². The molecule has 2 aromatic rings. The summed E-state index contributed by atoms with van der Waals surface area (Å²) >= 11 is 0. The molecule has 23 heavy (non-hydrogen) atoms. The first-order valence-electron chi connectivity index (χ1n) is 8.19. The second-order valence-corrected chi connectivity index (χ2v) is 5.76. The van der Waals surface area contributed by atoms with Crippen molar-refractivity contribution in [1.29, 1.82) is 0 Å². The van der Waals surface area contributed by atoms with Gasteiger partial charge in [-0.2, -0.15) is 0 Å². The number of ketones is 1. The van der Waals surface area contributed by atoms with Crippen LogP contribution in [-0.4, -0.2) is 43.5 Å². The van der Waals surface area contributed by atoms with Crippen molar-refractivity contribution in [3.63, 3.8) is 0 Å². The van der Waals surface area contributed by atoms with Crippen LogP contribution >= 0.6 is 0 Å². The maximum Gasteiger partial charge on any atom is 0.164 e. The fourth-order valence-electron chi connectivity index (χ4n) is 2.86.